The molecule has 4 aromatic rings. The smallest absolute Gasteiger partial charge is 0.287 e. The molecular weight excluding hydrogens is 495 g/mol. The maximum absolute atomic E-state index is 12.6. The summed E-state index contributed by atoms with van der Waals surface area (Å²) >= 11 is 12.2. The molecule has 0 saturated heterocycles. The molecule has 1 aromatic heterocycles. The van der Waals surface area contributed by atoms with Crippen LogP contribution in [0.2, 0.25) is 10.0 Å². The summed E-state index contributed by atoms with van der Waals surface area (Å²) in [5.74, 6) is 1.57. The quantitative estimate of drug-likeness (QED) is 0.236. The average molecular weight is 523 g/mol. The molecule has 0 bridgehead atoms. The van der Waals surface area contributed by atoms with Crippen LogP contribution in [0, 0.1) is 0 Å². The third kappa shape index (κ3) is 7.37. The van der Waals surface area contributed by atoms with E-state index in [-0.39, 0.29) is 11.7 Å². The largest absolute Gasteiger partial charge is 0.497 e. The van der Waals surface area contributed by atoms with Crippen LogP contribution in [-0.4, -0.2) is 24.5 Å². The Balaban J connectivity index is 1.39. The minimum absolute atomic E-state index is 0.256. The zero-order chi connectivity index (χ0) is 25.3. The van der Waals surface area contributed by atoms with Crippen molar-refractivity contribution in [3.05, 3.63) is 123 Å². The molecule has 0 unspecified atom stereocenters. The van der Waals surface area contributed by atoms with Gasteiger partial charge in [0.25, 0.3) is 5.91 Å². The van der Waals surface area contributed by atoms with Crippen LogP contribution in [0.1, 0.15) is 33.0 Å². The van der Waals surface area contributed by atoms with E-state index in [0.717, 1.165) is 29.2 Å². The average Bonchev–Trinajstić information content (AvgIpc) is 3.34. The van der Waals surface area contributed by atoms with E-state index in [4.69, 9.17) is 32.4 Å². The number of rotatable bonds is 11. The number of halogens is 2. The maximum Gasteiger partial charge on any atom is 0.287 e. The van der Waals surface area contributed by atoms with Gasteiger partial charge in [0.05, 0.1) is 13.7 Å². The Labute approximate surface area is 221 Å². The molecule has 36 heavy (non-hydrogen) atoms. The Hall–Kier alpha value is -3.25. The van der Waals surface area contributed by atoms with Gasteiger partial charge in [0.15, 0.2) is 5.76 Å². The molecule has 0 fully saturated rings. The molecule has 4 rings (SSSR count). The Morgan fingerprint density at radius 1 is 0.889 bits per heavy atom. The first kappa shape index (κ1) is 25.8. The van der Waals surface area contributed by atoms with Gasteiger partial charge in [0.1, 0.15) is 11.5 Å². The summed E-state index contributed by atoms with van der Waals surface area (Å²) < 4.78 is 11.3. The predicted molar refractivity (Wildman–Crippen MR) is 144 cm³/mol. The third-order valence-electron chi connectivity index (χ3n) is 5.75. The molecule has 7 heteroatoms. The molecule has 0 aliphatic heterocycles. The number of hydrogen-bond acceptors (Lipinski definition) is 4. The fraction of sp³-hybridized carbons (Fsp3) is 0.207. The Morgan fingerprint density at radius 3 is 2.44 bits per heavy atom. The van der Waals surface area contributed by atoms with Gasteiger partial charge in [-0.3, -0.25) is 9.69 Å². The summed E-state index contributed by atoms with van der Waals surface area (Å²) in [6.45, 7) is 2.43. The van der Waals surface area contributed by atoms with Gasteiger partial charge in [0.2, 0.25) is 0 Å². The van der Waals surface area contributed by atoms with Crippen molar-refractivity contribution in [3.63, 3.8) is 0 Å². The van der Waals surface area contributed by atoms with Crippen molar-refractivity contribution >= 4 is 29.1 Å². The van der Waals surface area contributed by atoms with Gasteiger partial charge in [-0.05, 0) is 59.5 Å². The second-order valence-electron chi connectivity index (χ2n) is 8.49. The number of carbonyl (C=O) groups excluding carboxylic acids is 1. The van der Waals surface area contributed by atoms with Crippen molar-refractivity contribution in [2.24, 2.45) is 0 Å². The molecule has 186 valence electrons. The standard InChI is InChI=1S/C29H28Cl2N2O3/c1-35-25-9-5-8-22(16-25)19-33(18-21-6-3-2-4-7-21)20-26-12-13-28(36-26)29(34)32-15-14-23-10-11-24(30)17-27(23)31/h2-13,16-17H,14-15,18-20H2,1H3,(H,32,34). The second kappa shape index (κ2) is 12.6. The highest BCUT2D eigenvalue weighted by Crippen LogP contribution is 2.22. The van der Waals surface area contributed by atoms with Crippen molar-refractivity contribution in [3.8, 4) is 5.75 Å². The fourth-order valence-corrected chi connectivity index (χ4v) is 4.47. The van der Waals surface area contributed by atoms with Crippen molar-refractivity contribution in [1.82, 2.24) is 10.2 Å². The van der Waals surface area contributed by atoms with E-state index < -0.39 is 0 Å². The van der Waals surface area contributed by atoms with Gasteiger partial charge in [-0.25, -0.2) is 0 Å². The van der Waals surface area contributed by atoms with Gasteiger partial charge in [-0.2, -0.15) is 0 Å². The molecular formula is C29H28Cl2N2O3. The highest BCUT2D eigenvalue weighted by Gasteiger charge is 2.15. The van der Waals surface area contributed by atoms with Crippen LogP contribution >= 0.6 is 23.2 Å². The van der Waals surface area contributed by atoms with Crippen molar-refractivity contribution < 1.29 is 13.9 Å². The molecule has 0 spiro atoms. The van der Waals surface area contributed by atoms with E-state index in [1.165, 1.54) is 5.56 Å². The number of ether oxygens (including phenoxy) is 1. The van der Waals surface area contributed by atoms with Gasteiger partial charge in [0, 0.05) is 29.7 Å². The number of carbonyl (C=O) groups is 1. The summed E-state index contributed by atoms with van der Waals surface area (Å²) in [4.78, 5) is 14.9. The molecule has 1 heterocycles. The Kier molecular flexibility index (Phi) is 9.06. The first-order chi connectivity index (χ1) is 17.5. The van der Waals surface area contributed by atoms with Gasteiger partial charge in [-0.15, -0.1) is 0 Å². The van der Waals surface area contributed by atoms with Crippen molar-refractivity contribution in [2.45, 2.75) is 26.1 Å². The minimum Gasteiger partial charge on any atom is -0.497 e. The van der Waals surface area contributed by atoms with E-state index in [1.807, 2.05) is 48.5 Å². The van der Waals surface area contributed by atoms with Crippen LogP contribution in [0.5, 0.6) is 5.75 Å². The number of nitrogens with zero attached hydrogens (tertiary/aromatic N) is 1. The minimum atomic E-state index is -0.256. The van der Waals surface area contributed by atoms with E-state index in [0.29, 0.717) is 36.1 Å². The summed E-state index contributed by atoms with van der Waals surface area (Å²) in [5, 5.41) is 4.07. The number of amides is 1. The third-order valence-corrected chi connectivity index (χ3v) is 6.34. The van der Waals surface area contributed by atoms with Crippen LogP contribution in [-0.2, 0) is 26.1 Å². The van der Waals surface area contributed by atoms with Crippen LogP contribution in [0.3, 0.4) is 0 Å². The lowest BCUT2D eigenvalue weighted by atomic mass is 10.1. The van der Waals surface area contributed by atoms with Crippen LogP contribution in [0.15, 0.2) is 89.3 Å². The summed E-state index contributed by atoms with van der Waals surface area (Å²) in [7, 11) is 1.67. The van der Waals surface area contributed by atoms with Crippen LogP contribution in [0.4, 0.5) is 0 Å². The van der Waals surface area contributed by atoms with Gasteiger partial charge >= 0.3 is 0 Å². The normalized spacial score (nSPS) is 11.0. The van der Waals surface area contributed by atoms with Crippen LogP contribution in [0.25, 0.3) is 0 Å². The van der Waals surface area contributed by atoms with E-state index >= 15 is 0 Å². The maximum atomic E-state index is 12.6. The number of furan rings is 1. The topological polar surface area (TPSA) is 54.7 Å². The molecule has 0 aliphatic carbocycles. The summed E-state index contributed by atoms with van der Waals surface area (Å²) in [6, 6.07) is 27.2. The lowest BCUT2D eigenvalue weighted by Crippen LogP contribution is -2.25. The van der Waals surface area contributed by atoms with Gasteiger partial charge in [-0.1, -0.05) is 71.7 Å². The number of methoxy groups -OCH3 is 1. The molecule has 1 N–H and O–H groups in total. The number of hydrogen-bond donors (Lipinski definition) is 1. The SMILES string of the molecule is COc1cccc(CN(Cc2ccccc2)Cc2ccc(C(=O)NCCc3ccc(Cl)cc3Cl)o2)c1. The van der Waals surface area contributed by atoms with Gasteiger partial charge < -0.3 is 14.5 Å². The van der Waals surface area contributed by atoms with Crippen molar-refractivity contribution in [2.75, 3.05) is 13.7 Å². The first-order valence-corrected chi connectivity index (χ1v) is 12.5. The molecule has 0 saturated carbocycles. The molecule has 0 atom stereocenters. The Morgan fingerprint density at radius 2 is 1.67 bits per heavy atom. The molecule has 0 radical (unpaired) electrons. The van der Waals surface area contributed by atoms with Crippen molar-refractivity contribution in [1.29, 1.82) is 0 Å². The van der Waals surface area contributed by atoms with E-state index in [9.17, 15) is 4.79 Å². The molecule has 1 amide bonds. The first-order valence-electron chi connectivity index (χ1n) is 11.7. The van der Waals surface area contributed by atoms with E-state index in [1.54, 1.807) is 25.3 Å². The molecule has 0 aliphatic rings. The zero-order valence-corrected chi connectivity index (χ0v) is 21.6. The predicted octanol–water partition coefficient (Wildman–Crippen LogP) is 6.77. The second-order valence-corrected chi connectivity index (χ2v) is 9.33. The lowest BCUT2D eigenvalue weighted by molar-refractivity contribution is 0.0922. The zero-order valence-electron chi connectivity index (χ0n) is 20.0. The number of benzene rings is 3. The van der Waals surface area contributed by atoms with E-state index in [2.05, 4.69) is 28.4 Å². The number of nitrogens with one attached hydrogen (secondary N) is 1. The summed E-state index contributed by atoms with van der Waals surface area (Å²) in [6.07, 6.45) is 0.598. The highest BCUT2D eigenvalue weighted by atomic mass is 35.5. The fourth-order valence-electron chi connectivity index (χ4n) is 3.97. The lowest BCUT2D eigenvalue weighted by Gasteiger charge is -2.22. The monoisotopic (exact) mass is 522 g/mol. The molecule has 3 aromatic carbocycles. The van der Waals surface area contributed by atoms with Crippen LogP contribution < -0.4 is 10.1 Å². The highest BCUT2D eigenvalue weighted by molar-refractivity contribution is 6.35. The Bertz CT molecular complexity index is 1290. The molecule has 5 nitrogen and oxygen atoms in total. The summed E-state index contributed by atoms with van der Waals surface area (Å²) in [5.41, 5.74) is 3.26.